The highest BCUT2D eigenvalue weighted by Crippen LogP contribution is 2.14. The predicted molar refractivity (Wildman–Crippen MR) is 66.4 cm³/mol. The maximum Gasteiger partial charge on any atom is 0.284 e. The number of aromatic amines is 1. The van der Waals surface area contributed by atoms with Crippen LogP contribution >= 0.6 is 12.2 Å². The van der Waals surface area contributed by atoms with Crippen molar-refractivity contribution in [3.8, 4) is 11.5 Å². The summed E-state index contributed by atoms with van der Waals surface area (Å²) in [7, 11) is 0. The minimum atomic E-state index is -0.118. The van der Waals surface area contributed by atoms with Crippen molar-refractivity contribution in [3.63, 3.8) is 0 Å². The Hall–Kier alpha value is -1.69. The number of hydrogen-bond acceptors (Lipinski definition) is 4. The molecule has 1 atom stereocenters. The van der Waals surface area contributed by atoms with E-state index < -0.39 is 0 Å². The maximum atomic E-state index is 12.2. The lowest BCUT2D eigenvalue weighted by Crippen LogP contribution is -2.23. The van der Waals surface area contributed by atoms with Crippen LogP contribution in [0, 0.1) is 4.84 Å². The summed E-state index contributed by atoms with van der Waals surface area (Å²) in [5.74, 6) is 0.234. The third-order valence-corrected chi connectivity index (χ3v) is 2.88. The van der Waals surface area contributed by atoms with Crippen molar-refractivity contribution < 1.29 is 4.42 Å². The summed E-state index contributed by atoms with van der Waals surface area (Å²) < 4.78 is 6.82. The molecule has 2 rings (SSSR count). The second-order valence-electron chi connectivity index (χ2n) is 3.81. The van der Waals surface area contributed by atoms with E-state index in [9.17, 15) is 4.79 Å². The first-order chi connectivity index (χ1) is 8.13. The molecule has 2 heterocycles. The van der Waals surface area contributed by atoms with Crippen LogP contribution in [0.1, 0.15) is 26.3 Å². The van der Waals surface area contributed by atoms with Gasteiger partial charge in [-0.15, -0.1) is 5.10 Å². The van der Waals surface area contributed by atoms with Crippen LogP contribution in [0.2, 0.25) is 0 Å². The van der Waals surface area contributed by atoms with Crippen LogP contribution in [0.5, 0.6) is 0 Å². The van der Waals surface area contributed by atoms with Gasteiger partial charge < -0.3 is 8.98 Å². The zero-order valence-electron chi connectivity index (χ0n) is 9.64. The van der Waals surface area contributed by atoms with Crippen molar-refractivity contribution in [3.05, 3.63) is 33.5 Å². The Morgan fingerprint density at radius 2 is 2.41 bits per heavy atom. The number of pyridine rings is 1. The Kier molecular flexibility index (Phi) is 3.23. The largest absolute Gasteiger partial charge is 0.409 e. The molecule has 0 aliphatic heterocycles. The smallest absolute Gasteiger partial charge is 0.284 e. The minimum absolute atomic E-state index is 0.118. The SMILES string of the molecule is CCC(C)n1cccc(-c2n[nH]c(=S)o2)c1=O. The molecule has 90 valence electrons. The standard InChI is InChI=1S/C11H13N3O2S/c1-3-7(2)14-6-4-5-8(10(14)15)9-12-13-11(17)16-9/h4-7H,3H2,1-2H3,(H,13,17). The highest BCUT2D eigenvalue weighted by atomic mass is 32.1. The average molecular weight is 251 g/mol. The molecule has 0 aliphatic carbocycles. The first-order valence-electron chi connectivity index (χ1n) is 5.40. The number of hydrogen-bond donors (Lipinski definition) is 1. The number of nitrogens with zero attached hydrogens (tertiary/aromatic N) is 2. The van der Waals surface area contributed by atoms with E-state index in [1.165, 1.54) is 0 Å². The lowest BCUT2D eigenvalue weighted by atomic mass is 10.2. The normalized spacial score (nSPS) is 12.6. The molecule has 0 aromatic carbocycles. The highest BCUT2D eigenvalue weighted by molar-refractivity contribution is 7.71. The lowest BCUT2D eigenvalue weighted by molar-refractivity contribution is 0.510. The van der Waals surface area contributed by atoms with Crippen LogP contribution < -0.4 is 5.56 Å². The minimum Gasteiger partial charge on any atom is -0.409 e. The van der Waals surface area contributed by atoms with Gasteiger partial charge in [-0.1, -0.05) is 6.92 Å². The second kappa shape index (κ2) is 4.67. The van der Waals surface area contributed by atoms with E-state index in [0.717, 1.165) is 6.42 Å². The molecule has 0 aliphatic rings. The molecular formula is C11H13N3O2S. The maximum absolute atomic E-state index is 12.2. The van der Waals surface area contributed by atoms with Gasteiger partial charge in [0.1, 0.15) is 5.56 Å². The van der Waals surface area contributed by atoms with Gasteiger partial charge >= 0.3 is 0 Å². The van der Waals surface area contributed by atoms with Crippen molar-refractivity contribution in [1.29, 1.82) is 0 Å². The molecule has 0 bridgehead atoms. The number of H-pyrrole nitrogens is 1. The van der Waals surface area contributed by atoms with E-state index in [1.807, 2.05) is 13.8 Å². The fourth-order valence-corrected chi connectivity index (χ4v) is 1.69. The van der Waals surface area contributed by atoms with Gasteiger partial charge in [0.15, 0.2) is 0 Å². The van der Waals surface area contributed by atoms with E-state index in [1.54, 1.807) is 22.9 Å². The van der Waals surface area contributed by atoms with Crippen LogP contribution in [0.25, 0.3) is 11.5 Å². The first kappa shape index (κ1) is 11.8. The number of aromatic nitrogens is 3. The molecule has 6 heteroatoms. The molecule has 5 nitrogen and oxygen atoms in total. The third kappa shape index (κ3) is 2.21. The summed E-state index contributed by atoms with van der Waals surface area (Å²) in [6.45, 7) is 4.02. The molecule has 2 aromatic heterocycles. The molecule has 1 N–H and O–H groups in total. The topological polar surface area (TPSA) is 63.8 Å². The zero-order chi connectivity index (χ0) is 12.4. The summed E-state index contributed by atoms with van der Waals surface area (Å²) in [5.41, 5.74) is 0.298. The van der Waals surface area contributed by atoms with Crippen molar-refractivity contribution >= 4 is 12.2 Å². The zero-order valence-corrected chi connectivity index (χ0v) is 10.5. The van der Waals surface area contributed by atoms with Crippen LogP contribution in [0.4, 0.5) is 0 Å². The third-order valence-electron chi connectivity index (χ3n) is 2.71. The second-order valence-corrected chi connectivity index (χ2v) is 4.18. The van der Waals surface area contributed by atoms with Crippen LogP contribution in [-0.4, -0.2) is 14.8 Å². The van der Waals surface area contributed by atoms with E-state index in [4.69, 9.17) is 16.6 Å². The fourth-order valence-electron chi connectivity index (χ4n) is 1.56. The molecule has 0 saturated carbocycles. The Morgan fingerprint density at radius 1 is 1.65 bits per heavy atom. The lowest BCUT2D eigenvalue weighted by Gasteiger charge is -2.12. The fraction of sp³-hybridized carbons (Fsp3) is 0.364. The summed E-state index contributed by atoms with van der Waals surface area (Å²) in [6.07, 6.45) is 2.65. The molecule has 0 fully saturated rings. The molecule has 2 aromatic rings. The highest BCUT2D eigenvalue weighted by Gasteiger charge is 2.12. The molecule has 1 unspecified atom stereocenters. The average Bonchev–Trinajstić information content (AvgIpc) is 2.75. The van der Waals surface area contributed by atoms with Crippen molar-refractivity contribution in [2.75, 3.05) is 0 Å². The molecular weight excluding hydrogens is 238 g/mol. The summed E-state index contributed by atoms with van der Waals surface area (Å²) in [4.78, 5) is 12.4. The Balaban J connectivity index is 2.57. The molecule has 0 saturated heterocycles. The van der Waals surface area contributed by atoms with E-state index >= 15 is 0 Å². The van der Waals surface area contributed by atoms with Gasteiger partial charge in [0, 0.05) is 12.2 Å². The van der Waals surface area contributed by atoms with Gasteiger partial charge in [-0.2, -0.15) is 0 Å². The number of rotatable bonds is 3. The summed E-state index contributed by atoms with van der Waals surface area (Å²) in [5, 5.41) is 6.37. The predicted octanol–water partition coefficient (Wildman–Crippen LogP) is 2.53. The summed E-state index contributed by atoms with van der Waals surface area (Å²) >= 11 is 4.79. The van der Waals surface area contributed by atoms with Crippen molar-refractivity contribution in [2.24, 2.45) is 0 Å². The monoisotopic (exact) mass is 251 g/mol. The molecule has 0 amide bonds. The first-order valence-corrected chi connectivity index (χ1v) is 5.81. The quantitative estimate of drug-likeness (QED) is 0.851. The van der Waals surface area contributed by atoms with E-state index in [2.05, 4.69) is 10.2 Å². The Morgan fingerprint density at radius 3 is 3.00 bits per heavy atom. The Bertz CT molecular complexity index is 626. The van der Waals surface area contributed by atoms with E-state index in [-0.39, 0.29) is 22.3 Å². The van der Waals surface area contributed by atoms with Gasteiger partial charge in [0.2, 0.25) is 0 Å². The van der Waals surface area contributed by atoms with E-state index in [0.29, 0.717) is 5.56 Å². The van der Waals surface area contributed by atoms with Gasteiger partial charge in [-0.3, -0.25) is 4.79 Å². The van der Waals surface area contributed by atoms with Gasteiger partial charge in [-0.25, -0.2) is 5.10 Å². The van der Waals surface area contributed by atoms with Crippen LogP contribution in [0.3, 0.4) is 0 Å². The molecule has 0 spiro atoms. The van der Waals surface area contributed by atoms with Crippen molar-refractivity contribution in [1.82, 2.24) is 14.8 Å². The van der Waals surface area contributed by atoms with Crippen molar-refractivity contribution in [2.45, 2.75) is 26.3 Å². The molecule has 17 heavy (non-hydrogen) atoms. The molecule has 0 radical (unpaired) electrons. The van der Waals surface area contributed by atoms with Gasteiger partial charge in [-0.05, 0) is 37.7 Å². The summed E-state index contributed by atoms with van der Waals surface area (Å²) in [6, 6.07) is 3.62. The number of nitrogens with one attached hydrogen (secondary N) is 1. The van der Waals surface area contributed by atoms with Crippen LogP contribution in [-0.2, 0) is 0 Å². The Labute approximate surface area is 103 Å². The van der Waals surface area contributed by atoms with Crippen LogP contribution in [0.15, 0.2) is 27.5 Å². The van der Waals surface area contributed by atoms with Gasteiger partial charge in [0.05, 0.1) is 0 Å². The van der Waals surface area contributed by atoms with Gasteiger partial charge in [0.25, 0.3) is 16.3 Å².